The van der Waals surface area contributed by atoms with Gasteiger partial charge < -0.3 is 15.1 Å². The second-order valence-electron chi connectivity index (χ2n) is 8.24. The lowest BCUT2D eigenvalue weighted by molar-refractivity contribution is -0.125. The summed E-state index contributed by atoms with van der Waals surface area (Å²) in [5.74, 6) is 4.72. The molecule has 0 bridgehead atoms. The third-order valence-corrected chi connectivity index (χ3v) is 7.24. The SMILES string of the molecule is O=C(NCCC1=CCCCC1)C1CCN(c2cc(N3CCSCC3)ncn2)CC1. The van der Waals surface area contributed by atoms with Crippen LogP contribution in [0.25, 0.3) is 0 Å². The Balaban J connectivity index is 1.23. The molecule has 29 heavy (non-hydrogen) atoms. The number of carbonyl (C=O) groups is 1. The topological polar surface area (TPSA) is 61.4 Å². The maximum Gasteiger partial charge on any atom is 0.223 e. The Hall–Kier alpha value is -1.76. The number of hydrogen-bond donors (Lipinski definition) is 1. The van der Waals surface area contributed by atoms with Gasteiger partial charge >= 0.3 is 0 Å². The van der Waals surface area contributed by atoms with Gasteiger partial charge in [-0.3, -0.25) is 4.79 Å². The van der Waals surface area contributed by atoms with Gasteiger partial charge in [-0.2, -0.15) is 11.8 Å². The van der Waals surface area contributed by atoms with Crippen molar-refractivity contribution in [2.24, 2.45) is 5.92 Å². The Morgan fingerprint density at radius 2 is 1.79 bits per heavy atom. The minimum atomic E-state index is 0.131. The number of rotatable bonds is 6. The van der Waals surface area contributed by atoms with Gasteiger partial charge in [-0.05, 0) is 44.9 Å². The molecule has 1 aliphatic carbocycles. The van der Waals surface area contributed by atoms with Crippen LogP contribution in [0.5, 0.6) is 0 Å². The summed E-state index contributed by atoms with van der Waals surface area (Å²) in [6.07, 6.45) is 11.9. The fourth-order valence-electron chi connectivity index (χ4n) is 4.47. The molecule has 2 fully saturated rings. The van der Waals surface area contributed by atoms with Gasteiger partial charge in [0.15, 0.2) is 0 Å². The van der Waals surface area contributed by atoms with E-state index in [1.807, 2.05) is 11.8 Å². The highest BCUT2D eigenvalue weighted by Crippen LogP contribution is 2.25. The number of nitrogens with one attached hydrogen (secondary N) is 1. The number of hydrogen-bond acceptors (Lipinski definition) is 6. The van der Waals surface area contributed by atoms with Gasteiger partial charge in [0, 0.05) is 56.2 Å². The van der Waals surface area contributed by atoms with Gasteiger partial charge in [-0.25, -0.2) is 9.97 Å². The third kappa shape index (κ3) is 5.65. The first-order chi connectivity index (χ1) is 14.3. The maximum atomic E-state index is 12.6. The van der Waals surface area contributed by atoms with Gasteiger partial charge in [0.25, 0.3) is 0 Å². The zero-order valence-corrected chi connectivity index (χ0v) is 18.1. The van der Waals surface area contributed by atoms with Crippen LogP contribution >= 0.6 is 11.8 Å². The predicted molar refractivity (Wildman–Crippen MR) is 121 cm³/mol. The standard InChI is InChI=1S/C22H33N5OS/c28-22(23-9-6-18-4-2-1-3-5-18)19-7-10-26(11-8-19)20-16-21(25-17-24-20)27-12-14-29-15-13-27/h4,16-17,19H,1-3,5-15H2,(H,23,28). The summed E-state index contributed by atoms with van der Waals surface area (Å²) in [7, 11) is 0. The number of carbonyl (C=O) groups excluding carboxylic acids is 1. The second-order valence-corrected chi connectivity index (χ2v) is 9.47. The molecule has 0 atom stereocenters. The fraction of sp³-hybridized carbons (Fsp3) is 0.682. The molecule has 1 amide bonds. The van der Waals surface area contributed by atoms with Crippen LogP contribution in [-0.2, 0) is 4.79 Å². The largest absolute Gasteiger partial charge is 0.356 e. The van der Waals surface area contributed by atoms with Crippen LogP contribution in [0.15, 0.2) is 24.0 Å². The van der Waals surface area contributed by atoms with E-state index in [0.29, 0.717) is 0 Å². The quantitative estimate of drug-likeness (QED) is 0.720. The van der Waals surface area contributed by atoms with E-state index in [0.717, 1.165) is 75.1 Å². The molecular formula is C22H33N5OS. The lowest BCUT2D eigenvalue weighted by Crippen LogP contribution is -2.41. The summed E-state index contributed by atoms with van der Waals surface area (Å²) in [4.78, 5) is 26.2. The highest BCUT2D eigenvalue weighted by Gasteiger charge is 2.26. The molecule has 3 aliphatic rings. The van der Waals surface area contributed by atoms with E-state index in [2.05, 4.69) is 37.2 Å². The number of anilines is 2. The van der Waals surface area contributed by atoms with Crippen molar-refractivity contribution >= 4 is 29.3 Å². The molecule has 0 aromatic carbocycles. The molecule has 2 saturated heterocycles. The van der Waals surface area contributed by atoms with Gasteiger partial charge in [0.05, 0.1) is 0 Å². The van der Waals surface area contributed by atoms with Crippen LogP contribution in [-0.4, -0.2) is 60.1 Å². The lowest BCUT2D eigenvalue weighted by Gasteiger charge is -2.33. The molecular weight excluding hydrogens is 382 g/mol. The number of thioether (sulfide) groups is 1. The van der Waals surface area contributed by atoms with E-state index >= 15 is 0 Å². The molecule has 7 heteroatoms. The fourth-order valence-corrected chi connectivity index (χ4v) is 5.37. The van der Waals surface area contributed by atoms with E-state index in [1.54, 1.807) is 6.33 Å². The van der Waals surface area contributed by atoms with Gasteiger partial charge in [0.1, 0.15) is 18.0 Å². The second kappa shape index (κ2) is 10.3. The first-order valence-corrected chi connectivity index (χ1v) is 12.3. The monoisotopic (exact) mass is 415 g/mol. The summed E-state index contributed by atoms with van der Waals surface area (Å²) < 4.78 is 0. The molecule has 1 aromatic rings. The number of aromatic nitrogens is 2. The molecule has 2 aliphatic heterocycles. The van der Waals surface area contributed by atoms with Crippen LogP contribution in [0.1, 0.15) is 44.9 Å². The van der Waals surface area contributed by atoms with Crippen LogP contribution < -0.4 is 15.1 Å². The van der Waals surface area contributed by atoms with E-state index in [-0.39, 0.29) is 11.8 Å². The lowest BCUT2D eigenvalue weighted by atomic mass is 9.95. The highest BCUT2D eigenvalue weighted by molar-refractivity contribution is 7.99. The predicted octanol–water partition coefficient (Wildman–Crippen LogP) is 3.25. The molecule has 0 saturated carbocycles. The van der Waals surface area contributed by atoms with Crippen molar-refractivity contribution in [3.05, 3.63) is 24.0 Å². The third-order valence-electron chi connectivity index (χ3n) is 6.29. The Labute approximate surface area is 178 Å². The first kappa shape index (κ1) is 20.5. The van der Waals surface area contributed by atoms with Crippen LogP contribution in [0, 0.1) is 5.92 Å². The van der Waals surface area contributed by atoms with Crippen molar-refractivity contribution in [3.8, 4) is 0 Å². The van der Waals surface area contributed by atoms with Crippen molar-refractivity contribution in [3.63, 3.8) is 0 Å². The summed E-state index contributed by atoms with van der Waals surface area (Å²) in [5.41, 5.74) is 1.53. The Bertz CT molecular complexity index is 711. The first-order valence-electron chi connectivity index (χ1n) is 11.1. The zero-order chi connectivity index (χ0) is 19.9. The summed E-state index contributed by atoms with van der Waals surface area (Å²) in [6.45, 7) is 4.67. The average Bonchev–Trinajstić information content (AvgIpc) is 2.80. The molecule has 0 spiro atoms. The summed E-state index contributed by atoms with van der Waals surface area (Å²) >= 11 is 2.01. The van der Waals surface area contributed by atoms with E-state index in [9.17, 15) is 4.79 Å². The minimum absolute atomic E-state index is 0.131. The van der Waals surface area contributed by atoms with E-state index < -0.39 is 0 Å². The molecule has 1 aromatic heterocycles. The van der Waals surface area contributed by atoms with E-state index in [1.165, 1.54) is 31.3 Å². The maximum absolute atomic E-state index is 12.6. The smallest absolute Gasteiger partial charge is 0.223 e. The molecule has 4 rings (SSSR count). The minimum Gasteiger partial charge on any atom is -0.356 e. The highest BCUT2D eigenvalue weighted by atomic mass is 32.2. The molecule has 6 nitrogen and oxygen atoms in total. The average molecular weight is 416 g/mol. The number of amides is 1. The summed E-state index contributed by atoms with van der Waals surface area (Å²) in [5, 5.41) is 3.17. The Morgan fingerprint density at radius 3 is 2.48 bits per heavy atom. The molecule has 3 heterocycles. The Kier molecular flexibility index (Phi) is 7.30. The molecule has 0 unspecified atom stereocenters. The zero-order valence-electron chi connectivity index (χ0n) is 17.3. The summed E-state index contributed by atoms with van der Waals surface area (Å²) in [6, 6.07) is 2.12. The molecule has 0 radical (unpaired) electrons. The molecule has 158 valence electrons. The van der Waals surface area contributed by atoms with Crippen LogP contribution in [0.4, 0.5) is 11.6 Å². The number of nitrogens with zero attached hydrogens (tertiary/aromatic N) is 4. The van der Waals surface area contributed by atoms with Gasteiger partial charge in [-0.15, -0.1) is 0 Å². The molecule has 1 N–H and O–H groups in total. The van der Waals surface area contributed by atoms with Crippen LogP contribution in [0.2, 0.25) is 0 Å². The van der Waals surface area contributed by atoms with Gasteiger partial charge in [0.2, 0.25) is 5.91 Å². The number of allylic oxidation sites excluding steroid dienone is 1. The normalized spacial score (nSPS) is 21.0. The number of piperidine rings is 1. The van der Waals surface area contributed by atoms with Crippen LogP contribution in [0.3, 0.4) is 0 Å². The van der Waals surface area contributed by atoms with Crippen molar-refractivity contribution in [2.45, 2.75) is 44.9 Å². The van der Waals surface area contributed by atoms with Crippen molar-refractivity contribution in [1.29, 1.82) is 0 Å². The van der Waals surface area contributed by atoms with E-state index in [4.69, 9.17) is 0 Å². The van der Waals surface area contributed by atoms with Crippen molar-refractivity contribution in [1.82, 2.24) is 15.3 Å². The van der Waals surface area contributed by atoms with Crippen molar-refractivity contribution < 1.29 is 4.79 Å². The Morgan fingerprint density at radius 1 is 1.07 bits per heavy atom. The van der Waals surface area contributed by atoms with Gasteiger partial charge in [-0.1, -0.05) is 11.6 Å². The van der Waals surface area contributed by atoms with Crippen molar-refractivity contribution in [2.75, 3.05) is 54.0 Å².